The van der Waals surface area contributed by atoms with E-state index in [1.165, 1.54) is 6.92 Å². The molecule has 3 heteroatoms. The second-order valence-electron chi connectivity index (χ2n) is 4.02. The molecule has 0 bridgehead atoms. The largest absolute Gasteiger partial charge is 0.458 e. The Kier molecular flexibility index (Phi) is 3.45. The van der Waals surface area contributed by atoms with E-state index in [-0.39, 0.29) is 23.8 Å². The Bertz CT molecular complexity index is 339. The van der Waals surface area contributed by atoms with E-state index >= 15 is 0 Å². The minimum atomic E-state index is -0.317. The van der Waals surface area contributed by atoms with Gasteiger partial charge in [0.25, 0.3) is 0 Å². The molecule has 0 aromatic rings. The lowest BCUT2D eigenvalue weighted by atomic mass is 9.83. The van der Waals surface area contributed by atoms with E-state index < -0.39 is 0 Å². The molecule has 0 spiro atoms. The summed E-state index contributed by atoms with van der Waals surface area (Å²) in [5.74, 6) is -0.469. The van der Waals surface area contributed by atoms with E-state index in [2.05, 4.69) is 6.58 Å². The molecular weight excluding hydrogens is 192 g/mol. The van der Waals surface area contributed by atoms with Crippen molar-refractivity contribution < 1.29 is 14.3 Å². The van der Waals surface area contributed by atoms with Gasteiger partial charge in [0.2, 0.25) is 0 Å². The summed E-state index contributed by atoms with van der Waals surface area (Å²) >= 11 is 0. The van der Waals surface area contributed by atoms with Gasteiger partial charge in [0.15, 0.2) is 5.78 Å². The van der Waals surface area contributed by atoms with Gasteiger partial charge in [-0.1, -0.05) is 12.2 Å². The number of allylic oxidation sites excluding steroid dienone is 2. The first-order chi connectivity index (χ1) is 6.91. The van der Waals surface area contributed by atoms with Crippen molar-refractivity contribution in [1.29, 1.82) is 0 Å². The van der Waals surface area contributed by atoms with E-state index in [0.717, 1.165) is 11.1 Å². The van der Waals surface area contributed by atoms with Crippen molar-refractivity contribution in [2.75, 3.05) is 0 Å². The van der Waals surface area contributed by atoms with Crippen LogP contribution in [-0.4, -0.2) is 17.9 Å². The number of carbonyl (C=O) groups excluding carboxylic acids is 2. The molecule has 0 aliphatic heterocycles. The zero-order chi connectivity index (χ0) is 11.6. The lowest BCUT2D eigenvalue weighted by molar-refractivity contribution is -0.146. The molecular formula is C12H16O3. The number of hydrogen-bond acceptors (Lipinski definition) is 3. The highest BCUT2D eigenvalue weighted by molar-refractivity contribution is 5.95. The maximum atomic E-state index is 11.6. The molecule has 0 saturated heterocycles. The molecule has 0 aromatic heterocycles. The van der Waals surface area contributed by atoms with Crippen molar-refractivity contribution >= 4 is 11.8 Å². The fraction of sp³-hybridized carbons (Fsp3) is 0.500. The van der Waals surface area contributed by atoms with Gasteiger partial charge in [-0.2, -0.15) is 0 Å². The van der Waals surface area contributed by atoms with Gasteiger partial charge in [-0.25, -0.2) is 0 Å². The topological polar surface area (TPSA) is 43.4 Å². The summed E-state index contributed by atoms with van der Waals surface area (Å²) in [4.78, 5) is 22.5. The summed E-state index contributed by atoms with van der Waals surface area (Å²) in [5, 5.41) is 0. The number of ether oxygens (including phenoxy) is 1. The van der Waals surface area contributed by atoms with Crippen molar-refractivity contribution in [3.63, 3.8) is 0 Å². The van der Waals surface area contributed by atoms with Crippen molar-refractivity contribution in [1.82, 2.24) is 0 Å². The van der Waals surface area contributed by atoms with Crippen LogP contribution in [0.15, 0.2) is 23.8 Å². The number of rotatable bonds is 2. The SMILES string of the molecule is C=C(C)[C@H]1C[C@@H](OC(C)=O)C(C)=CC1=O. The zero-order valence-electron chi connectivity index (χ0n) is 9.37. The van der Waals surface area contributed by atoms with E-state index in [0.29, 0.717) is 6.42 Å². The van der Waals surface area contributed by atoms with Crippen LogP contribution in [0.3, 0.4) is 0 Å². The second-order valence-corrected chi connectivity index (χ2v) is 4.02. The molecule has 1 rings (SSSR count). The predicted octanol–water partition coefficient (Wildman–Crippen LogP) is 2.03. The smallest absolute Gasteiger partial charge is 0.303 e. The van der Waals surface area contributed by atoms with Gasteiger partial charge < -0.3 is 4.74 Å². The first-order valence-electron chi connectivity index (χ1n) is 4.96. The molecule has 15 heavy (non-hydrogen) atoms. The Morgan fingerprint density at radius 2 is 2.13 bits per heavy atom. The van der Waals surface area contributed by atoms with Crippen LogP contribution in [0.1, 0.15) is 27.2 Å². The van der Waals surface area contributed by atoms with Gasteiger partial charge in [-0.3, -0.25) is 9.59 Å². The predicted molar refractivity (Wildman–Crippen MR) is 57.2 cm³/mol. The average Bonchev–Trinajstić information content (AvgIpc) is 2.08. The van der Waals surface area contributed by atoms with Crippen LogP contribution in [0.5, 0.6) is 0 Å². The molecule has 0 heterocycles. The van der Waals surface area contributed by atoms with Gasteiger partial charge in [-0.05, 0) is 25.5 Å². The van der Waals surface area contributed by atoms with Gasteiger partial charge in [0.1, 0.15) is 6.10 Å². The Labute approximate surface area is 89.8 Å². The van der Waals surface area contributed by atoms with E-state index in [4.69, 9.17) is 4.74 Å². The molecule has 0 saturated carbocycles. The molecule has 0 aromatic carbocycles. The fourth-order valence-corrected chi connectivity index (χ4v) is 1.72. The minimum Gasteiger partial charge on any atom is -0.458 e. The van der Waals surface area contributed by atoms with E-state index in [9.17, 15) is 9.59 Å². The molecule has 3 nitrogen and oxygen atoms in total. The standard InChI is InChI=1S/C12H16O3/c1-7(2)10-6-12(15-9(4)13)8(3)5-11(10)14/h5,10,12H,1,6H2,2-4H3/t10-,12-/m1/s1. The fourth-order valence-electron chi connectivity index (χ4n) is 1.72. The number of carbonyl (C=O) groups is 2. The summed E-state index contributed by atoms with van der Waals surface area (Å²) in [6.45, 7) is 8.78. The van der Waals surface area contributed by atoms with Gasteiger partial charge in [0.05, 0.1) is 0 Å². The number of hydrogen-bond donors (Lipinski definition) is 0. The van der Waals surface area contributed by atoms with Crippen molar-refractivity contribution in [3.8, 4) is 0 Å². The lowest BCUT2D eigenvalue weighted by Crippen LogP contribution is -2.30. The van der Waals surface area contributed by atoms with Crippen LogP contribution in [0.2, 0.25) is 0 Å². The van der Waals surface area contributed by atoms with Crippen LogP contribution in [0, 0.1) is 5.92 Å². The first kappa shape index (κ1) is 11.7. The third-order valence-corrected chi connectivity index (χ3v) is 2.57. The Balaban J connectivity index is 2.85. The third kappa shape index (κ3) is 2.78. The zero-order valence-corrected chi connectivity index (χ0v) is 9.37. The maximum absolute atomic E-state index is 11.6. The monoisotopic (exact) mass is 208 g/mol. The Morgan fingerprint density at radius 3 is 2.60 bits per heavy atom. The highest BCUT2D eigenvalue weighted by Crippen LogP contribution is 2.27. The lowest BCUT2D eigenvalue weighted by Gasteiger charge is -2.27. The molecule has 1 aliphatic carbocycles. The summed E-state index contributed by atoms with van der Waals surface area (Å²) in [5.41, 5.74) is 1.63. The highest BCUT2D eigenvalue weighted by Gasteiger charge is 2.30. The number of ketones is 1. The second kappa shape index (κ2) is 4.43. The molecule has 0 N–H and O–H groups in total. The quantitative estimate of drug-likeness (QED) is 0.515. The summed E-state index contributed by atoms with van der Waals surface area (Å²) in [6.07, 6.45) is 1.80. The minimum absolute atomic E-state index is 0.0587. The summed E-state index contributed by atoms with van der Waals surface area (Å²) in [7, 11) is 0. The Morgan fingerprint density at radius 1 is 1.53 bits per heavy atom. The molecule has 0 fully saturated rings. The van der Waals surface area contributed by atoms with Gasteiger partial charge >= 0.3 is 5.97 Å². The molecule has 82 valence electrons. The molecule has 0 amide bonds. The third-order valence-electron chi connectivity index (χ3n) is 2.57. The van der Waals surface area contributed by atoms with Crippen LogP contribution in [0.4, 0.5) is 0 Å². The molecule has 2 atom stereocenters. The molecule has 0 unspecified atom stereocenters. The van der Waals surface area contributed by atoms with Gasteiger partial charge in [0, 0.05) is 19.3 Å². The summed E-state index contributed by atoms with van der Waals surface area (Å²) < 4.78 is 5.13. The van der Waals surface area contributed by atoms with Crippen molar-refractivity contribution in [3.05, 3.63) is 23.8 Å². The first-order valence-corrected chi connectivity index (χ1v) is 4.96. The van der Waals surface area contributed by atoms with Crippen LogP contribution >= 0.6 is 0 Å². The van der Waals surface area contributed by atoms with Crippen LogP contribution < -0.4 is 0 Å². The van der Waals surface area contributed by atoms with E-state index in [1.54, 1.807) is 13.0 Å². The highest BCUT2D eigenvalue weighted by atomic mass is 16.5. The van der Waals surface area contributed by atoms with Crippen molar-refractivity contribution in [2.45, 2.75) is 33.3 Å². The van der Waals surface area contributed by atoms with Crippen LogP contribution in [-0.2, 0) is 14.3 Å². The van der Waals surface area contributed by atoms with Crippen molar-refractivity contribution in [2.24, 2.45) is 5.92 Å². The van der Waals surface area contributed by atoms with E-state index in [1.807, 2.05) is 6.92 Å². The Hall–Kier alpha value is -1.38. The average molecular weight is 208 g/mol. The van der Waals surface area contributed by atoms with Crippen LogP contribution in [0.25, 0.3) is 0 Å². The van der Waals surface area contributed by atoms with Gasteiger partial charge in [-0.15, -0.1) is 0 Å². The summed E-state index contributed by atoms with van der Waals surface area (Å²) in [6, 6.07) is 0. The normalized spacial score (nSPS) is 25.8. The molecule has 0 radical (unpaired) electrons. The molecule has 1 aliphatic rings. The number of esters is 1. The maximum Gasteiger partial charge on any atom is 0.303 e.